The van der Waals surface area contributed by atoms with Crippen molar-refractivity contribution < 1.29 is 17.9 Å². The van der Waals surface area contributed by atoms with E-state index in [0.29, 0.717) is 13.1 Å². The van der Waals surface area contributed by atoms with Crippen molar-refractivity contribution >= 4 is 0 Å². The number of alkyl halides is 3. The Morgan fingerprint density at radius 3 is 2.65 bits per heavy atom. The first-order chi connectivity index (χ1) is 7.96. The Kier molecular flexibility index (Phi) is 5.14. The van der Waals surface area contributed by atoms with Gasteiger partial charge in [-0.15, -0.1) is 0 Å². The number of hydrogen-bond donors (Lipinski definition) is 1. The van der Waals surface area contributed by atoms with E-state index in [1.165, 1.54) is 0 Å². The number of halogens is 3. The largest absolute Gasteiger partial charge is 0.411 e. The van der Waals surface area contributed by atoms with Crippen LogP contribution >= 0.6 is 0 Å². The fourth-order valence-electron chi connectivity index (χ4n) is 1.63. The number of hydrogen-bond acceptors (Lipinski definition) is 5. The molecule has 98 valence electrons. The van der Waals surface area contributed by atoms with Gasteiger partial charge in [-0.05, 0) is 0 Å². The van der Waals surface area contributed by atoms with Crippen LogP contribution in [0.4, 0.5) is 13.2 Å². The molecule has 0 bridgehead atoms. The first kappa shape index (κ1) is 14.2. The normalized spacial score (nSPS) is 23.6. The Bertz CT molecular complexity index is 278. The number of rotatable bonds is 4. The fourth-order valence-corrected chi connectivity index (χ4v) is 1.63. The number of nitrogens with zero attached hydrogens (tertiary/aromatic N) is 3. The maximum Gasteiger partial charge on any atom is 0.411 e. The molecule has 8 heteroatoms. The second-order valence-electron chi connectivity index (χ2n) is 3.77. The molecule has 0 spiro atoms. The van der Waals surface area contributed by atoms with Gasteiger partial charge >= 0.3 is 6.18 Å². The zero-order valence-corrected chi connectivity index (χ0v) is 9.28. The van der Waals surface area contributed by atoms with E-state index in [2.05, 4.69) is 0 Å². The monoisotopic (exact) mass is 252 g/mol. The molecule has 1 fully saturated rings. The Morgan fingerprint density at radius 2 is 2.12 bits per heavy atom. The average Bonchev–Trinajstić information content (AvgIpc) is 2.27. The molecule has 1 aliphatic rings. The summed E-state index contributed by atoms with van der Waals surface area (Å²) in [6, 6.07) is 1.91. The van der Waals surface area contributed by atoms with E-state index in [1.54, 1.807) is 9.80 Å². The summed E-state index contributed by atoms with van der Waals surface area (Å²) in [7, 11) is 0. The third-order valence-corrected chi connectivity index (χ3v) is 2.50. The molecule has 2 N–H and O–H groups in total. The van der Waals surface area contributed by atoms with Crippen LogP contribution in [-0.2, 0) is 4.74 Å². The topological polar surface area (TPSA) is 65.5 Å². The van der Waals surface area contributed by atoms with Crippen LogP contribution in [0.25, 0.3) is 0 Å². The van der Waals surface area contributed by atoms with Crippen molar-refractivity contribution in [2.45, 2.75) is 12.4 Å². The highest BCUT2D eigenvalue weighted by atomic mass is 19.4. The standard InChI is InChI=1S/C9H15F3N4O/c10-9(11,12)6-17-8-5-15(7-14)3-4-16(8)2-1-13/h8H,2-7,14H2. The minimum atomic E-state index is -4.36. The van der Waals surface area contributed by atoms with Crippen LogP contribution in [-0.4, -0.2) is 61.7 Å². The van der Waals surface area contributed by atoms with Gasteiger partial charge in [0.05, 0.1) is 12.6 Å². The maximum atomic E-state index is 12.1. The van der Waals surface area contributed by atoms with Crippen molar-refractivity contribution in [2.75, 3.05) is 39.5 Å². The van der Waals surface area contributed by atoms with Gasteiger partial charge in [-0.2, -0.15) is 18.4 Å². The van der Waals surface area contributed by atoms with Crippen molar-refractivity contribution in [2.24, 2.45) is 5.73 Å². The van der Waals surface area contributed by atoms with E-state index < -0.39 is 19.0 Å². The van der Waals surface area contributed by atoms with Crippen LogP contribution in [0.3, 0.4) is 0 Å². The van der Waals surface area contributed by atoms with Gasteiger partial charge in [-0.1, -0.05) is 0 Å². The van der Waals surface area contributed by atoms with Crippen molar-refractivity contribution in [1.29, 1.82) is 5.26 Å². The molecule has 17 heavy (non-hydrogen) atoms. The van der Waals surface area contributed by atoms with E-state index in [9.17, 15) is 13.2 Å². The number of piperazine rings is 1. The Labute approximate surface area is 97.5 Å². The summed E-state index contributed by atoms with van der Waals surface area (Å²) in [4.78, 5) is 3.37. The van der Waals surface area contributed by atoms with E-state index in [1.807, 2.05) is 6.07 Å². The van der Waals surface area contributed by atoms with Crippen LogP contribution in [0.2, 0.25) is 0 Å². The summed E-state index contributed by atoms with van der Waals surface area (Å²) < 4.78 is 41.0. The molecule has 1 atom stereocenters. The molecule has 1 unspecified atom stereocenters. The first-order valence-corrected chi connectivity index (χ1v) is 5.18. The molecule has 5 nitrogen and oxygen atoms in total. The van der Waals surface area contributed by atoms with E-state index >= 15 is 0 Å². The first-order valence-electron chi connectivity index (χ1n) is 5.18. The van der Waals surface area contributed by atoms with Gasteiger partial charge in [0, 0.05) is 26.3 Å². The molecule has 0 amide bonds. The van der Waals surface area contributed by atoms with Crippen molar-refractivity contribution in [3.05, 3.63) is 0 Å². The molecule has 1 rings (SSSR count). The highest BCUT2D eigenvalue weighted by Gasteiger charge is 2.33. The lowest BCUT2D eigenvalue weighted by Gasteiger charge is -2.39. The summed E-state index contributed by atoms with van der Waals surface area (Å²) >= 11 is 0. The zero-order chi connectivity index (χ0) is 12.9. The lowest BCUT2D eigenvalue weighted by molar-refractivity contribution is -0.210. The van der Waals surface area contributed by atoms with Gasteiger partial charge in [0.1, 0.15) is 12.8 Å². The summed E-state index contributed by atoms with van der Waals surface area (Å²) in [5.74, 6) is 0. The lowest BCUT2D eigenvalue weighted by Crippen LogP contribution is -2.55. The van der Waals surface area contributed by atoms with Gasteiger partial charge in [0.15, 0.2) is 0 Å². The minimum absolute atomic E-state index is 0.0565. The van der Waals surface area contributed by atoms with Gasteiger partial charge in [0.25, 0.3) is 0 Å². The minimum Gasteiger partial charge on any atom is -0.352 e. The molecular weight excluding hydrogens is 237 g/mol. The fraction of sp³-hybridized carbons (Fsp3) is 0.889. The Hall–Kier alpha value is -0.880. The quantitative estimate of drug-likeness (QED) is 0.711. The third-order valence-electron chi connectivity index (χ3n) is 2.50. The Morgan fingerprint density at radius 1 is 1.41 bits per heavy atom. The van der Waals surface area contributed by atoms with Crippen LogP contribution in [0.15, 0.2) is 0 Å². The highest BCUT2D eigenvalue weighted by Crippen LogP contribution is 2.18. The number of ether oxygens (including phenoxy) is 1. The molecule has 1 aliphatic heterocycles. The van der Waals surface area contributed by atoms with Gasteiger partial charge in [-0.3, -0.25) is 9.80 Å². The van der Waals surface area contributed by atoms with Crippen LogP contribution in [0.5, 0.6) is 0 Å². The molecule has 0 aromatic rings. The summed E-state index contributed by atoms with van der Waals surface area (Å²) in [6.45, 7) is 0.414. The smallest absolute Gasteiger partial charge is 0.352 e. The van der Waals surface area contributed by atoms with E-state index in [4.69, 9.17) is 15.7 Å². The van der Waals surface area contributed by atoms with Gasteiger partial charge in [0.2, 0.25) is 0 Å². The Balaban J connectivity index is 2.52. The molecular formula is C9H15F3N4O. The van der Waals surface area contributed by atoms with Gasteiger partial charge in [-0.25, -0.2) is 0 Å². The molecule has 0 aliphatic carbocycles. The van der Waals surface area contributed by atoms with Crippen molar-refractivity contribution in [1.82, 2.24) is 9.80 Å². The summed E-state index contributed by atoms with van der Waals surface area (Å²) in [5, 5.41) is 8.58. The SMILES string of the molecule is N#CCN1CCN(CN)CC1OCC(F)(F)F. The number of nitrogens with two attached hydrogens (primary N) is 1. The molecule has 0 radical (unpaired) electrons. The summed E-state index contributed by atoms with van der Waals surface area (Å²) in [5.41, 5.74) is 5.43. The molecule has 1 heterocycles. The zero-order valence-electron chi connectivity index (χ0n) is 9.28. The predicted molar refractivity (Wildman–Crippen MR) is 53.6 cm³/mol. The lowest BCUT2D eigenvalue weighted by atomic mass is 10.3. The van der Waals surface area contributed by atoms with Crippen LogP contribution in [0.1, 0.15) is 0 Å². The van der Waals surface area contributed by atoms with E-state index in [-0.39, 0.29) is 19.8 Å². The van der Waals surface area contributed by atoms with E-state index in [0.717, 1.165) is 0 Å². The number of nitriles is 1. The molecule has 1 saturated heterocycles. The predicted octanol–water partition coefficient (Wildman–Crippen LogP) is -0.0512. The van der Waals surface area contributed by atoms with Gasteiger partial charge < -0.3 is 10.5 Å². The molecule has 0 aromatic carbocycles. The molecule has 0 aromatic heterocycles. The second kappa shape index (κ2) is 6.16. The average molecular weight is 252 g/mol. The van der Waals surface area contributed by atoms with Crippen LogP contribution < -0.4 is 5.73 Å². The van der Waals surface area contributed by atoms with Crippen molar-refractivity contribution in [3.8, 4) is 6.07 Å². The maximum absolute atomic E-state index is 12.1. The third kappa shape index (κ3) is 4.87. The highest BCUT2D eigenvalue weighted by molar-refractivity contribution is 4.83. The molecule has 0 saturated carbocycles. The summed E-state index contributed by atoms with van der Waals surface area (Å²) in [6.07, 6.45) is -5.09. The second-order valence-corrected chi connectivity index (χ2v) is 3.77. The van der Waals surface area contributed by atoms with Crippen LogP contribution in [0, 0.1) is 11.3 Å². The van der Waals surface area contributed by atoms with Crippen molar-refractivity contribution in [3.63, 3.8) is 0 Å².